The van der Waals surface area contributed by atoms with E-state index in [0.717, 1.165) is 12.1 Å². The van der Waals surface area contributed by atoms with Gasteiger partial charge in [-0.3, -0.25) is 14.6 Å². The van der Waals surface area contributed by atoms with Gasteiger partial charge in [0.05, 0.1) is 11.9 Å². The van der Waals surface area contributed by atoms with Gasteiger partial charge in [-0.05, 0) is 19.8 Å². The van der Waals surface area contributed by atoms with E-state index in [9.17, 15) is 9.59 Å². The molecule has 90 valence electrons. The third-order valence-electron chi connectivity index (χ3n) is 2.84. The van der Waals surface area contributed by atoms with E-state index in [1.165, 1.54) is 17.3 Å². The second kappa shape index (κ2) is 4.48. The van der Waals surface area contributed by atoms with Crippen molar-refractivity contribution in [2.45, 2.75) is 25.8 Å². The predicted molar refractivity (Wildman–Crippen MR) is 60.0 cm³/mol. The van der Waals surface area contributed by atoms with Gasteiger partial charge in [0, 0.05) is 12.7 Å². The molecule has 0 spiro atoms. The molecule has 0 unspecified atom stereocenters. The molecule has 2 amide bonds. The van der Waals surface area contributed by atoms with Gasteiger partial charge in [-0.1, -0.05) is 0 Å². The van der Waals surface area contributed by atoms with Gasteiger partial charge in [0.2, 0.25) is 5.91 Å². The summed E-state index contributed by atoms with van der Waals surface area (Å²) in [7, 11) is 0. The van der Waals surface area contributed by atoms with Gasteiger partial charge in [0.15, 0.2) is 0 Å². The number of nitrogens with two attached hydrogens (primary N) is 1. The van der Waals surface area contributed by atoms with Crippen LogP contribution in [0, 0.1) is 6.92 Å². The molecule has 2 heterocycles. The average molecular weight is 234 g/mol. The van der Waals surface area contributed by atoms with E-state index in [0.29, 0.717) is 13.0 Å². The van der Waals surface area contributed by atoms with Crippen molar-refractivity contribution >= 4 is 11.8 Å². The van der Waals surface area contributed by atoms with Crippen LogP contribution in [0.15, 0.2) is 12.4 Å². The van der Waals surface area contributed by atoms with E-state index in [1.807, 2.05) is 0 Å². The molecule has 2 N–H and O–H groups in total. The Balaban J connectivity index is 2.19. The molecule has 0 saturated carbocycles. The second-order valence-corrected chi connectivity index (χ2v) is 4.10. The number of aromatic nitrogens is 2. The maximum Gasteiger partial charge on any atom is 0.274 e. The summed E-state index contributed by atoms with van der Waals surface area (Å²) in [6, 6.07) is -0.509. The maximum absolute atomic E-state index is 12.1. The lowest BCUT2D eigenvalue weighted by Crippen LogP contribution is -2.44. The van der Waals surface area contributed by atoms with Crippen molar-refractivity contribution in [2.75, 3.05) is 6.54 Å². The van der Waals surface area contributed by atoms with Gasteiger partial charge in [-0.25, -0.2) is 4.98 Å². The summed E-state index contributed by atoms with van der Waals surface area (Å²) in [6.45, 7) is 2.34. The first-order valence-corrected chi connectivity index (χ1v) is 5.48. The highest BCUT2D eigenvalue weighted by molar-refractivity contribution is 5.96. The first-order valence-electron chi connectivity index (χ1n) is 5.48. The number of hydrogen-bond acceptors (Lipinski definition) is 4. The van der Waals surface area contributed by atoms with Crippen LogP contribution in [0.1, 0.15) is 29.0 Å². The Bertz CT molecular complexity index is 443. The van der Waals surface area contributed by atoms with Crippen molar-refractivity contribution in [1.82, 2.24) is 14.9 Å². The highest BCUT2D eigenvalue weighted by Crippen LogP contribution is 2.18. The molecule has 0 radical (unpaired) electrons. The molecule has 1 fully saturated rings. The van der Waals surface area contributed by atoms with Crippen LogP contribution < -0.4 is 5.73 Å². The lowest BCUT2D eigenvalue weighted by Gasteiger charge is -2.21. The number of aryl methyl sites for hydroxylation is 1. The number of primary amides is 1. The van der Waals surface area contributed by atoms with E-state index in [1.54, 1.807) is 6.92 Å². The largest absolute Gasteiger partial charge is 0.368 e. The minimum atomic E-state index is -0.509. The summed E-state index contributed by atoms with van der Waals surface area (Å²) in [5, 5.41) is 0. The zero-order valence-corrected chi connectivity index (χ0v) is 9.59. The summed E-state index contributed by atoms with van der Waals surface area (Å²) in [4.78, 5) is 32.8. The third-order valence-corrected chi connectivity index (χ3v) is 2.84. The van der Waals surface area contributed by atoms with Gasteiger partial charge in [0.1, 0.15) is 11.7 Å². The molecular formula is C11H14N4O2. The van der Waals surface area contributed by atoms with Gasteiger partial charge in [-0.2, -0.15) is 0 Å². The second-order valence-electron chi connectivity index (χ2n) is 4.10. The fraction of sp³-hybridized carbons (Fsp3) is 0.455. The highest BCUT2D eigenvalue weighted by atomic mass is 16.2. The first kappa shape index (κ1) is 11.5. The monoisotopic (exact) mass is 234 g/mol. The molecule has 2 rings (SSSR count). The van der Waals surface area contributed by atoms with Gasteiger partial charge in [-0.15, -0.1) is 0 Å². The van der Waals surface area contributed by atoms with Crippen molar-refractivity contribution in [2.24, 2.45) is 5.73 Å². The average Bonchev–Trinajstić information content (AvgIpc) is 2.78. The molecule has 6 heteroatoms. The van der Waals surface area contributed by atoms with Crippen LogP contribution >= 0.6 is 0 Å². The standard InChI is InChI=1S/C11H14N4O2/c1-7-5-14-8(6-13-7)11(17)15-4-2-3-9(15)10(12)16/h5-6,9H,2-4H2,1H3,(H2,12,16)/t9-/m1/s1. The lowest BCUT2D eigenvalue weighted by atomic mass is 10.2. The fourth-order valence-corrected chi connectivity index (χ4v) is 1.96. The number of likely N-dealkylation sites (tertiary alicyclic amines) is 1. The van der Waals surface area contributed by atoms with Crippen LogP contribution in [0.4, 0.5) is 0 Å². The molecule has 1 atom stereocenters. The summed E-state index contributed by atoms with van der Waals surface area (Å²) in [6.07, 6.45) is 4.37. The molecule has 1 saturated heterocycles. The van der Waals surface area contributed by atoms with Crippen molar-refractivity contribution in [1.29, 1.82) is 0 Å². The number of hydrogen-bond donors (Lipinski definition) is 1. The molecule has 0 aliphatic carbocycles. The summed E-state index contributed by atoms with van der Waals surface area (Å²) in [5.41, 5.74) is 6.26. The van der Waals surface area contributed by atoms with E-state index in [-0.39, 0.29) is 11.6 Å². The van der Waals surface area contributed by atoms with Gasteiger partial charge in [0.25, 0.3) is 5.91 Å². The van der Waals surface area contributed by atoms with Crippen molar-refractivity contribution in [3.63, 3.8) is 0 Å². The molecule has 17 heavy (non-hydrogen) atoms. The number of nitrogens with zero attached hydrogens (tertiary/aromatic N) is 3. The van der Waals surface area contributed by atoms with Crippen molar-refractivity contribution < 1.29 is 9.59 Å². The topological polar surface area (TPSA) is 89.2 Å². The van der Waals surface area contributed by atoms with Crippen molar-refractivity contribution in [3.8, 4) is 0 Å². The summed E-state index contributed by atoms with van der Waals surface area (Å²) >= 11 is 0. The molecule has 0 aromatic carbocycles. The molecule has 1 aliphatic rings. The first-order chi connectivity index (χ1) is 8.09. The Labute approximate surface area is 98.8 Å². The Morgan fingerprint density at radius 3 is 2.76 bits per heavy atom. The van der Waals surface area contributed by atoms with Crippen molar-refractivity contribution in [3.05, 3.63) is 23.8 Å². The quantitative estimate of drug-likeness (QED) is 0.772. The zero-order valence-electron chi connectivity index (χ0n) is 9.59. The Kier molecular flexibility index (Phi) is 3.03. The number of carbonyl (C=O) groups is 2. The van der Waals surface area contributed by atoms with Gasteiger partial charge < -0.3 is 10.6 Å². The molecule has 1 aliphatic heterocycles. The summed E-state index contributed by atoms with van der Waals surface area (Å²) < 4.78 is 0. The molecular weight excluding hydrogens is 220 g/mol. The van der Waals surface area contributed by atoms with Crippen LogP contribution in [-0.4, -0.2) is 39.3 Å². The predicted octanol–water partition coefficient (Wildman–Crippen LogP) is -0.125. The van der Waals surface area contributed by atoms with E-state index in [4.69, 9.17) is 5.73 Å². The van der Waals surface area contributed by atoms with E-state index >= 15 is 0 Å². The Morgan fingerprint density at radius 1 is 1.41 bits per heavy atom. The van der Waals surface area contributed by atoms with Crippen LogP contribution in [0.2, 0.25) is 0 Å². The van der Waals surface area contributed by atoms with Crippen LogP contribution in [0.25, 0.3) is 0 Å². The zero-order chi connectivity index (χ0) is 12.4. The maximum atomic E-state index is 12.1. The normalized spacial score (nSPS) is 19.4. The highest BCUT2D eigenvalue weighted by Gasteiger charge is 2.33. The van der Waals surface area contributed by atoms with Crippen LogP contribution in [0.3, 0.4) is 0 Å². The van der Waals surface area contributed by atoms with Crippen LogP contribution in [-0.2, 0) is 4.79 Å². The minimum Gasteiger partial charge on any atom is -0.368 e. The summed E-state index contributed by atoms with van der Waals surface area (Å²) in [5.74, 6) is -0.741. The fourth-order valence-electron chi connectivity index (χ4n) is 1.96. The molecule has 6 nitrogen and oxygen atoms in total. The Morgan fingerprint density at radius 2 is 2.18 bits per heavy atom. The third kappa shape index (κ3) is 2.25. The smallest absolute Gasteiger partial charge is 0.274 e. The molecule has 1 aromatic rings. The van der Waals surface area contributed by atoms with Crippen LogP contribution in [0.5, 0.6) is 0 Å². The number of rotatable bonds is 2. The van der Waals surface area contributed by atoms with E-state index in [2.05, 4.69) is 9.97 Å². The minimum absolute atomic E-state index is 0.253. The SMILES string of the molecule is Cc1cnc(C(=O)N2CCC[C@@H]2C(N)=O)cn1. The van der Waals surface area contributed by atoms with E-state index < -0.39 is 11.9 Å². The number of carbonyl (C=O) groups excluding carboxylic acids is 2. The lowest BCUT2D eigenvalue weighted by molar-refractivity contribution is -0.121. The molecule has 1 aromatic heterocycles. The molecule has 0 bridgehead atoms. The van der Waals surface area contributed by atoms with Gasteiger partial charge >= 0.3 is 0 Å². The Hall–Kier alpha value is -1.98. The number of amides is 2.